The lowest BCUT2D eigenvalue weighted by atomic mass is 9.52. The van der Waals surface area contributed by atoms with Crippen LogP contribution < -0.4 is 20.9 Å². The largest absolute Gasteiger partial charge is 0.365 e. The number of aromatic nitrogens is 2. The normalized spacial score (nSPS) is 30.6. The highest BCUT2D eigenvalue weighted by atomic mass is 32.2. The van der Waals surface area contributed by atoms with Gasteiger partial charge in [-0.05, 0) is 88.2 Å². The van der Waals surface area contributed by atoms with Crippen molar-refractivity contribution in [3.05, 3.63) is 34.4 Å². The van der Waals surface area contributed by atoms with Crippen LogP contribution in [0.1, 0.15) is 69.7 Å². The van der Waals surface area contributed by atoms with Crippen molar-refractivity contribution < 1.29 is 18.0 Å². The number of hydrogen-bond donors (Lipinski definition) is 2. The number of nitrogens with one attached hydrogen (secondary N) is 1. The lowest BCUT2D eigenvalue weighted by Crippen LogP contribution is -2.60. The van der Waals surface area contributed by atoms with Crippen LogP contribution in [0.4, 0.5) is 5.69 Å². The van der Waals surface area contributed by atoms with E-state index in [2.05, 4.69) is 10.2 Å². The fourth-order valence-corrected chi connectivity index (χ4v) is 8.82. The number of hydrogen-bond acceptors (Lipinski definition) is 7. The molecule has 11 heteroatoms. The summed E-state index contributed by atoms with van der Waals surface area (Å²) < 4.78 is 25.0. The van der Waals surface area contributed by atoms with Crippen molar-refractivity contribution in [2.45, 2.75) is 76.3 Å². The fraction of sp³-hybridized carbons (Fsp3) is 0.630. The van der Waals surface area contributed by atoms with Gasteiger partial charge in [-0.15, -0.1) is 0 Å². The van der Waals surface area contributed by atoms with Crippen molar-refractivity contribution in [3.63, 3.8) is 0 Å². The molecule has 7 rings (SSSR count). The molecule has 1 aromatic carbocycles. The molecule has 1 unspecified atom stereocenters. The molecule has 5 fully saturated rings. The van der Waals surface area contributed by atoms with E-state index in [-0.39, 0.29) is 35.6 Å². The van der Waals surface area contributed by atoms with E-state index >= 15 is 0 Å². The topological polar surface area (TPSA) is 144 Å². The van der Waals surface area contributed by atoms with Gasteiger partial charge in [-0.1, -0.05) is 6.07 Å². The summed E-state index contributed by atoms with van der Waals surface area (Å²) in [5.41, 5.74) is 0.851. The molecule has 38 heavy (non-hydrogen) atoms. The quantitative estimate of drug-likeness (QED) is 0.511. The van der Waals surface area contributed by atoms with Crippen LogP contribution in [0.25, 0.3) is 10.9 Å². The second-order valence-corrected chi connectivity index (χ2v) is 13.7. The van der Waals surface area contributed by atoms with Gasteiger partial charge in [-0.3, -0.25) is 24.3 Å². The Kier molecular flexibility index (Phi) is 6.14. The highest BCUT2D eigenvalue weighted by Crippen LogP contribution is 2.58. The fourth-order valence-electron chi connectivity index (χ4n) is 8.29. The molecule has 1 aromatic heterocycles. The molecule has 1 saturated heterocycles. The van der Waals surface area contributed by atoms with Crippen molar-refractivity contribution in [3.8, 4) is 0 Å². The van der Waals surface area contributed by atoms with Crippen LogP contribution in [-0.2, 0) is 19.6 Å². The molecule has 0 radical (unpaired) electrons. The van der Waals surface area contributed by atoms with Crippen molar-refractivity contribution >= 4 is 38.4 Å². The minimum atomic E-state index is -3.62. The minimum absolute atomic E-state index is 0.126. The second kappa shape index (κ2) is 9.15. The van der Waals surface area contributed by atoms with Gasteiger partial charge in [0.25, 0.3) is 5.56 Å². The first-order chi connectivity index (χ1) is 18.0. The minimum Gasteiger partial charge on any atom is -0.365 e. The molecule has 4 bridgehead atoms. The Labute approximate surface area is 222 Å². The summed E-state index contributed by atoms with van der Waals surface area (Å²) in [6.45, 7) is 2.17. The molecular formula is C27H35N5O5S. The van der Waals surface area contributed by atoms with Crippen LogP contribution in [0.5, 0.6) is 0 Å². The Morgan fingerprint density at radius 1 is 1.11 bits per heavy atom. The average Bonchev–Trinajstić information content (AvgIpc) is 2.81. The van der Waals surface area contributed by atoms with E-state index in [0.29, 0.717) is 47.4 Å². The lowest BCUT2D eigenvalue weighted by molar-refractivity contribution is -0.135. The number of aryl methyl sites for hydroxylation is 1. The summed E-state index contributed by atoms with van der Waals surface area (Å²) in [6.07, 6.45) is 7.62. The predicted octanol–water partition coefficient (Wildman–Crippen LogP) is 2.14. The maximum Gasteiger partial charge on any atom is 0.264 e. The molecule has 1 aliphatic heterocycles. The number of fused-ring (bicyclic) bond motifs is 1. The summed E-state index contributed by atoms with van der Waals surface area (Å²) in [5, 5.41) is 8.15. The number of anilines is 1. The predicted molar refractivity (Wildman–Crippen MR) is 143 cm³/mol. The average molecular weight is 542 g/mol. The summed E-state index contributed by atoms with van der Waals surface area (Å²) in [7, 11) is -3.62. The zero-order chi connectivity index (χ0) is 26.8. The Morgan fingerprint density at radius 3 is 2.37 bits per heavy atom. The van der Waals surface area contributed by atoms with Gasteiger partial charge in [0.05, 0.1) is 22.3 Å². The van der Waals surface area contributed by atoms with Gasteiger partial charge >= 0.3 is 0 Å². The van der Waals surface area contributed by atoms with Crippen LogP contribution in [-0.4, -0.2) is 47.6 Å². The summed E-state index contributed by atoms with van der Waals surface area (Å²) in [5.74, 6) is 1.42. The number of primary sulfonamides is 1. The highest BCUT2D eigenvalue weighted by molar-refractivity contribution is 7.89. The molecule has 4 aliphatic carbocycles. The van der Waals surface area contributed by atoms with Gasteiger partial charge in [0, 0.05) is 18.5 Å². The van der Waals surface area contributed by atoms with Gasteiger partial charge in [0.2, 0.25) is 21.8 Å². The third-order valence-corrected chi connectivity index (χ3v) is 10.1. The van der Waals surface area contributed by atoms with Gasteiger partial charge in [-0.2, -0.15) is 0 Å². The maximum absolute atomic E-state index is 14.2. The molecule has 1 atom stereocenters. The molecule has 4 saturated carbocycles. The first-order valence-corrected chi connectivity index (χ1v) is 15.4. The van der Waals surface area contributed by atoms with Gasteiger partial charge in [0.1, 0.15) is 11.9 Å². The Bertz CT molecular complexity index is 1450. The SMILES string of the molecule is Cc1nc2cccc(N(CCCS(N)(=O)=O)C34CC5CC(CC(C5)C3)C4)c2c(=O)n1C1CCC(=O)NC1=O. The highest BCUT2D eigenvalue weighted by Gasteiger charge is 2.53. The third-order valence-electron chi connectivity index (χ3n) is 9.29. The monoisotopic (exact) mass is 541 g/mol. The van der Waals surface area contributed by atoms with Crippen molar-refractivity contribution in [1.82, 2.24) is 14.9 Å². The number of carbonyl (C=O) groups excluding carboxylic acids is 2. The molecular weight excluding hydrogens is 506 g/mol. The summed E-state index contributed by atoms with van der Waals surface area (Å²) in [6, 6.07) is 4.84. The Balaban J connectivity index is 1.49. The molecule has 0 spiro atoms. The van der Waals surface area contributed by atoms with Crippen LogP contribution in [0.3, 0.4) is 0 Å². The van der Waals surface area contributed by atoms with Crippen LogP contribution >= 0.6 is 0 Å². The molecule has 5 aliphatic rings. The van der Waals surface area contributed by atoms with Crippen LogP contribution in [0, 0.1) is 24.7 Å². The number of nitrogens with zero attached hydrogens (tertiary/aromatic N) is 3. The van der Waals surface area contributed by atoms with Crippen molar-refractivity contribution in [2.24, 2.45) is 22.9 Å². The van der Waals surface area contributed by atoms with Gasteiger partial charge in [0.15, 0.2) is 0 Å². The Morgan fingerprint density at radius 2 is 1.76 bits per heavy atom. The lowest BCUT2D eigenvalue weighted by Gasteiger charge is -2.61. The number of piperidine rings is 1. The number of sulfonamides is 1. The summed E-state index contributed by atoms with van der Waals surface area (Å²) >= 11 is 0. The molecule has 2 aromatic rings. The number of benzene rings is 1. The van der Waals surface area contributed by atoms with Crippen LogP contribution in [0.2, 0.25) is 0 Å². The summed E-state index contributed by atoms with van der Waals surface area (Å²) in [4.78, 5) is 45.7. The van der Waals surface area contributed by atoms with E-state index < -0.39 is 22.0 Å². The number of carbonyl (C=O) groups is 2. The van der Waals surface area contributed by atoms with Crippen LogP contribution in [0.15, 0.2) is 23.0 Å². The zero-order valence-electron chi connectivity index (χ0n) is 21.7. The first kappa shape index (κ1) is 25.5. The number of imide groups is 1. The van der Waals surface area contributed by atoms with E-state index in [1.54, 1.807) is 6.92 Å². The number of rotatable bonds is 7. The standard InChI is InChI=1S/C27H35N5O5S/c1-16-29-20-4-2-5-21(24(20)26(35)32(16)22-6-7-23(33)30-25(22)34)31(8-3-9-38(28,36)37)27-13-17-10-18(14-27)12-19(11-17)15-27/h2,4-5,17-19,22H,3,6-15H2,1H3,(H2,28,36,37)(H,30,33,34). The smallest absolute Gasteiger partial charge is 0.264 e. The number of nitrogens with two attached hydrogens (primary N) is 1. The Hall–Kier alpha value is -2.79. The van der Waals surface area contributed by atoms with E-state index in [1.807, 2.05) is 18.2 Å². The third kappa shape index (κ3) is 4.43. The molecule has 3 N–H and O–H groups in total. The van der Waals surface area contributed by atoms with Gasteiger partial charge in [-0.25, -0.2) is 18.5 Å². The van der Waals surface area contributed by atoms with E-state index in [1.165, 1.54) is 23.8 Å². The molecule has 2 amide bonds. The van der Waals surface area contributed by atoms with Crippen molar-refractivity contribution in [1.29, 1.82) is 0 Å². The first-order valence-electron chi connectivity index (χ1n) is 13.7. The maximum atomic E-state index is 14.2. The zero-order valence-corrected chi connectivity index (χ0v) is 22.5. The van der Waals surface area contributed by atoms with E-state index in [0.717, 1.165) is 24.9 Å². The van der Waals surface area contributed by atoms with E-state index in [4.69, 9.17) is 10.1 Å². The van der Waals surface area contributed by atoms with E-state index in [9.17, 15) is 22.8 Å². The molecule has 204 valence electrons. The number of amides is 2. The van der Waals surface area contributed by atoms with Gasteiger partial charge < -0.3 is 4.90 Å². The van der Waals surface area contributed by atoms with Crippen molar-refractivity contribution in [2.75, 3.05) is 17.2 Å². The second-order valence-electron chi connectivity index (χ2n) is 12.0. The molecule has 10 nitrogen and oxygen atoms in total. The molecule has 2 heterocycles.